The second-order valence-electron chi connectivity index (χ2n) is 4.65. The van der Waals surface area contributed by atoms with Crippen molar-refractivity contribution in [2.45, 2.75) is 6.42 Å². The van der Waals surface area contributed by atoms with Crippen molar-refractivity contribution in [3.63, 3.8) is 0 Å². The lowest BCUT2D eigenvalue weighted by Gasteiger charge is -2.05. The van der Waals surface area contributed by atoms with E-state index in [1.165, 1.54) is 18.6 Å². The summed E-state index contributed by atoms with van der Waals surface area (Å²) in [5.74, 6) is -0.579. The molecule has 0 spiro atoms. The van der Waals surface area contributed by atoms with Gasteiger partial charge in [-0.15, -0.1) is 0 Å². The number of carbonyl (C=O) groups is 2. The van der Waals surface area contributed by atoms with Gasteiger partial charge in [0.15, 0.2) is 0 Å². The number of rotatable bonds is 4. The number of amides is 2. The maximum atomic E-state index is 11.8. The highest BCUT2D eigenvalue weighted by atomic mass is 16.5. The molecule has 120 valence electrons. The zero-order valence-electron chi connectivity index (χ0n) is 12.3. The summed E-state index contributed by atoms with van der Waals surface area (Å²) in [5, 5.41) is 3.73. The van der Waals surface area contributed by atoms with Crippen molar-refractivity contribution in [2.75, 3.05) is 0 Å². The normalized spacial score (nSPS) is 10.2. The van der Waals surface area contributed by atoms with E-state index in [2.05, 4.69) is 31.0 Å². The first kappa shape index (κ1) is 15.3. The molecule has 0 aliphatic heterocycles. The molecular weight excluding hydrogens is 312 g/mol. The minimum absolute atomic E-state index is 0.0992. The standard InChI is InChI=1S/C15H12N6O3/c22-12(19-20-15(23)10-4-2-1-3-5-10)8-13-18-14(21-24-13)11-9-16-6-7-17-11/h1-7,9H,8H2,(H,19,22)(H,20,23). The monoisotopic (exact) mass is 324 g/mol. The van der Waals surface area contributed by atoms with Gasteiger partial charge < -0.3 is 4.52 Å². The van der Waals surface area contributed by atoms with Crippen LogP contribution in [0.5, 0.6) is 0 Å². The molecule has 0 fully saturated rings. The second kappa shape index (κ2) is 7.09. The molecule has 0 radical (unpaired) electrons. The minimum Gasteiger partial charge on any atom is -0.338 e. The van der Waals surface area contributed by atoms with E-state index in [-0.39, 0.29) is 18.1 Å². The van der Waals surface area contributed by atoms with Crippen molar-refractivity contribution in [3.05, 3.63) is 60.4 Å². The Morgan fingerprint density at radius 2 is 1.92 bits per heavy atom. The van der Waals surface area contributed by atoms with Crippen LogP contribution >= 0.6 is 0 Å². The first-order chi connectivity index (χ1) is 11.7. The molecule has 0 atom stereocenters. The number of hydrogen-bond donors (Lipinski definition) is 2. The molecule has 0 unspecified atom stereocenters. The highest BCUT2D eigenvalue weighted by Gasteiger charge is 2.14. The average molecular weight is 324 g/mol. The Bertz CT molecular complexity index is 835. The summed E-state index contributed by atoms with van der Waals surface area (Å²) >= 11 is 0. The largest absolute Gasteiger partial charge is 0.338 e. The number of nitrogens with zero attached hydrogens (tertiary/aromatic N) is 4. The molecule has 24 heavy (non-hydrogen) atoms. The van der Waals surface area contributed by atoms with Crippen LogP contribution in [0.4, 0.5) is 0 Å². The number of aromatic nitrogens is 4. The summed E-state index contributed by atoms with van der Waals surface area (Å²) in [5.41, 5.74) is 5.46. The van der Waals surface area contributed by atoms with Crippen molar-refractivity contribution in [3.8, 4) is 11.5 Å². The summed E-state index contributed by atoms with van der Waals surface area (Å²) < 4.78 is 4.98. The third-order valence-electron chi connectivity index (χ3n) is 2.92. The molecule has 0 aliphatic rings. The van der Waals surface area contributed by atoms with Crippen LogP contribution in [0.1, 0.15) is 16.2 Å². The molecule has 0 aliphatic carbocycles. The molecule has 1 aromatic carbocycles. The zero-order valence-corrected chi connectivity index (χ0v) is 12.3. The zero-order chi connectivity index (χ0) is 16.8. The van der Waals surface area contributed by atoms with Gasteiger partial charge in [-0.1, -0.05) is 23.4 Å². The maximum Gasteiger partial charge on any atom is 0.269 e. The number of benzene rings is 1. The fourth-order valence-corrected chi connectivity index (χ4v) is 1.81. The Morgan fingerprint density at radius 1 is 1.08 bits per heavy atom. The third kappa shape index (κ3) is 3.77. The van der Waals surface area contributed by atoms with Crippen LogP contribution < -0.4 is 10.9 Å². The second-order valence-corrected chi connectivity index (χ2v) is 4.65. The lowest BCUT2D eigenvalue weighted by Crippen LogP contribution is -2.42. The van der Waals surface area contributed by atoms with Crippen molar-refractivity contribution in [2.24, 2.45) is 0 Å². The van der Waals surface area contributed by atoms with Crippen LogP contribution in [0.25, 0.3) is 11.5 Å². The van der Waals surface area contributed by atoms with Gasteiger partial charge in [0.05, 0.1) is 6.20 Å². The van der Waals surface area contributed by atoms with Crippen LogP contribution in [0.15, 0.2) is 53.4 Å². The van der Waals surface area contributed by atoms with Gasteiger partial charge in [0.25, 0.3) is 5.91 Å². The van der Waals surface area contributed by atoms with Crippen LogP contribution in [-0.2, 0) is 11.2 Å². The highest BCUT2D eigenvalue weighted by molar-refractivity contribution is 5.95. The van der Waals surface area contributed by atoms with Gasteiger partial charge in [0.2, 0.25) is 17.6 Å². The van der Waals surface area contributed by atoms with Gasteiger partial charge in [0, 0.05) is 18.0 Å². The summed E-state index contributed by atoms with van der Waals surface area (Å²) in [6, 6.07) is 8.51. The van der Waals surface area contributed by atoms with E-state index in [0.717, 1.165) is 0 Å². The topological polar surface area (TPSA) is 123 Å². The Labute approximate surface area is 136 Å². The highest BCUT2D eigenvalue weighted by Crippen LogP contribution is 2.10. The minimum atomic E-state index is -0.492. The van der Waals surface area contributed by atoms with Gasteiger partial charge in [-0.25, -0.2) is 4.98 Å². The fourth-order valence-electron chi connectivity index (χ4n) is 1.81. The van der Waals surface area contributed by atoms with Crippen LogP contribution in [0, 0.1) is 0 Å². The number of hydrogen-bond acceptors (Lipinski definition) is 7. The van der Waals surface area contributed by atoms with Gasteiger partial charge in [0.1, 0.15) is 12.1 Å². The SMILES string of the molecule is O=C(Cc1nc(-c2cnccn2)no1)NNC(=O)c1ccccc1. The molecule has 2 amide bonds. The van der Waals surface area contributed by atoms with Crippen LogP contribution in [0.3, 0.4) is 0 Å². The Balaban J connectivity index is 1.54. The van der Waals surface area contributed by atoms with Gasteiger partial charge in [-0.2, -0.15) is 4.98 Å². The quantitative estimate of drug-likeness (QED) is 0.671. The van der Waals surface area contributed by atoms with E-state index in [1.807, 2.05) is 0 Å². The molecule has 2 heterocycles. The predicted octanol–water partition coefficient (Wildman–Crippen LogP) is 0.530. The van der Waals surface area contributed by atoms with Crippen LogP contribution in [-0.4, -0.2) is 31.9 Å². The Hall–Kier alpha value is -3.62. The van der Waals surface area contributed by atoms with Gasteiger partial charge in [-0.05, 0) is 12.1 Å². The molecule has 3 aromatic rings. The summed E-state index contributed by atoms with van der Waals surface area (Å²) in [6.45, 7) is 0. The average Bonchev–Trinajstić information content (AvgIpc) is 3.09. The third-order valence-corrected chi connectivity index (χ3v) is 2.92. The first-order valence-corrected chi connectivity index (χ1v) is 6.95. The van der Waals surface area contributed by atoms with Crippen molar-refractivity contribution >= 4 is 11.8 Å². The maximum absolute atomic E-state index is 11.8. The summed E-state index contributed by atoms with van der Waals surface area (Å²) in [6.07, 6.45) is 4.32. The van der Waals surface area contributed by atoms with Crippen molar-refractivity contribution < 1.29 is 14.1 Å². The van der Waals surface area contributed by atoms with Crippen LogP contribution in [0.2, 0.25) is 0 Å². The molecule has 0 saturated carbocycles. The van der Waals surface area contributed by atoms with E-state index >= 15 is 0 Å². The summed E-state index contributed by atoms with van der Waals surface area (Å²) in [7, 11) is 0. The Kier molecular flexibility index (Phi) is 4.52. The molecule has 9 heteroatoms. The van der Waals surface area contributed by atoms with Gasteiger partial charge in [-0.3, -0.25) is 25.4 Å². The number of nitrogens with one attached hydrogen (secondary N) is 2. The lowest BCUT2D eigenvalue weighted by molar-refractivity contribution is -0.121. The molecule has 9 nitrogen and oxygen atoms in total. The van der Waals surface area contributed by atoms with E-state index < -0.39 is 11.8 Å². The van der Waals surface area contributed by atoms with E-state index in [4.69, 9.17) is 4.52 Å². The molecule has 2 N–H and O–H groups in total. The Morgan fingerprint density at radius 3 is 2.67 bits per heavy atom. The first-order valence-electron chi connectivity index (χ1n) is 6.95. The van der Waals surface area contributed by atoms with E-state index in [0.29, 0.717) is 11.3 Å². The molecule has 3 rings (SSSR count). The molecule has 0 bridgehead atoms. The molecule has 2 aromatic heterocycles. The molecular formula is C15H12N6O3. The summed E-state index contributed by atoms with van der Waals surface area (Å²) in [4.78, 5) is 35.6. The number of hydrazine groups is 1. The van der Waals surface area contributed by atoms with Crippen molar-refractivity contribution in [1.82, 2.24) is 31.0 Å². The van der Waals surface area contributed by atoms with E-state index in [9.17, 15) is 9.59 Å². The molecule has 0 saturated heterocycles. The fraction of sp³-hybridized carbons (Fsp3) is 0.0667. The smallest absolute Gasteiger partial charge is 0.269 e. The lowest BCUT2D eigenvalue weighted by atomic mass is 10.2. The predicted molar refractivity (Wildman–Crippen MR) is 81.1 cm³/mol. The number of carbonyl (C=O) groups excluding carboxylic acids is 2. The van der Waals surface area contributed by atoms with E-state index in [1.54, 1.807) is 30.3 Å². The van der Waals surface area contributed by atoms with Gasteiger partial charge >= 0.3 is 0 Å². The van der Waals surface area contributed by atoms with Crippen molar-refractivity contribution in [1.29, 1.82) is 0 Å².